The van der Waals surface area contributed by atoms with Gasteiger partial charge in [-0.1, -0.05) is 30.3 Å². The fourth-order valence-corrected chi connectivity index (χ4v) is 2.24. The molecule has 0 unspecified atom stereocenters. The molecular formula is C12H15ClN2O. The van der Waals surface area contributed by atoms with Gasteiger partial charge in [0.05, 0.1) is 0 Å². The molecule has 86 valence electrons. The summed E-state index contributed by atoms with van der Waals surface area (Å²) in [6.45, 7) is 1.70. The number of nitrogens with one attached hydrogen (secondary N) is 1. The molecule has 1 fully saturated rings. The van der Waals surface area contributed by atoms with Gasteiger partial charge in [-0.2, -0.15) is 0 Å². The topological polar surface area (TPSA) is 32.3 Å². The average Bonchev–Trinajstić information content (AvgIpc) is 2.85. The highest BCUT2D eigenvalue weighted by atomic mass is 35.5. The second-order valence-corrected chi connectivity index (χ2v) is 4.20. The molecule has 16 heavy (non-hydrogen) atoms. The van der Waals surface area contributed by atoms with E-state index in [4.69, 9.17) is 11.8 Å². The monoisotopic (exact) mass is 238 g/mol. The van der Waals surface area contributed by atoms with Crippen molar-refractivity contribution in [2.75, 3.05) is 13.1 Å². The van der Waals surface area contributed by atoms with E-state index in [2.05, 4.69) is 4.84 Å². The second kappa shape index (κ2) is 5.32. The number of benzene rings is 1. The van der Waals surface area contributed by atoms with Crippen LogP contribution in [0.15, 0.2) is 30.3 Å². The summed E-state index contributed by atoms with van der Waals surface area (Å²) in [5, 5.41) is 0. The molecule has 0 saturated carbocycles. The minimum absolute atomic E-state index is 0.0682. The molecular weight excluding hydrogens is 224 g/mol. The van der Waals surface area contributed by atoms with Crippen molar-refractivity contribution in [2.24, 2.45) is 0 Å². The summed E-state index contributed by atoms with van der Waals surface area (Å²) in [5.74, 6) is 0.0682. The van der Waals surface area contributed by atoms with Crippen molar-refractivity contribution in [3.8, 4) is 0 Å². The van der Waals surface area contributed by atoms with Crippen LogP contribution in [0.1, 0.15) is 24.4 Å². The van der Waals surface area contributed by atoms with Gasteiger partial charge in [-0.25, -0.2) is 4.84 Å². The second-order valence-electron chi connectivity index (χ2n) is 3.99. The predicted molar refractivity (Wildman–Crippen MR) is 64.0 cm³/mol. The van der Waals surface area contributed by atoms with Crippen molar-refractivity contribution >= 4 is 17.7 Å². The summed E-state index contributed by atoms with van der Waals surface area (Å²) >= 11 is 5.68. The van der Waals surface area contributed by atoms with E-state index in [1.807, 2.05) is 35.2 Å². The summed E-state index contributed by atoms with van der Waals surface area (Å²) in [4.78, 5) is 16.6. The maximum atomic E-state index is 12.2. The van der Waals surface area contributed by atoms with E-state index in [1.165, 1.54) is 0 Å². The van der Waals surface area contributed by atoms with Crippen LogP contribution in [-0.2, 0) is 4.79 Å². The Kier molecular flexibility index (Phi) is 3.80. The summed E-state index contributed by atoms with van der Waals surface area (Å²) < 4.78 is 0. The molecule has 0 spiro atoms. The minimum atomic E-state index is -0.430. The van der Waals surface area contributed by atoms with Crippen LogP contribution in [0.2, 0.25) is 0 Å². The standard InChI is InChI=1S/C12H15ClN2O/c13-14-11(10-6-2-1-3-7-10)12(16)15-8-4-5-9-15/h1-3,6-7,11,14H,4-5,8-9H2/t11-/m0/s1. The van der Waals surface area contributed by atoms with Crippen LogP contribution in [0.5, 0.6) is 0 Å². The van der Waals surface area contributed by atoms with Crippen molar-refractivity contribution < 1.29 is 4.79 Å². The number of rotatable bonds is 3. The summed E-state index contributed by atoms with van der Waals surface area (Å²) in [7, 11) is 0. The summed E-state index contributed by atoms with van der Waals surface area (Å²) in [6, 6.07) is 9.14. The lowest BCUT2D eigenvalue weighted by atomic mass is 10.1. The summed E-state index contributed by atoms with van der Waals surface area (Å²) in [6.07, 6.45) is 2.19. The van der Waals surface area contributed by atoms with E-state index in [-0.39, 0.29) is 5.91 Å². The zero-order valence-electron chi connectivity index (χ0n) is 9.03. The molecule has 0 radical (unpaired) electrons. The van der Waals surface area contributed by atoms with Crippen LogP contribution in [0.3, 0.4) is 0 Å². The Balaban J connectivity index is 2.13. The number of hydrogen-bond donors (Lipinski definition) is 1. The van der Waals surface area contributed by atoms with Crippen LogP contribution in [-0.4, -0.2) is 23.9 Å². The van der Waals surface area contributed by atoms with Crippen molar-refractivity contribution in [3.63, 3.8) is 0 Å². The van der Waals surface area contributed by atoms with Crippen molar-refractivity contribution in [1.29, 1.82) is 0 Å². The first-order valence-corrected chi connectivity index (χ1v) is 5.90. The lowest BCUT2D eigenvalue weighted by Crippen LogP contribution is -2.36. The minimum Gasteiger partial charge on any atom is -0.341 e. The van der Waals surface area contributed by atoms with Gasteiger partial charge in [0.15, 0.2) is 0 Å². The van der Waals surface area contributed by atoms with Crippen molar-refractivity contribution in [3.05, 3.63) is 35.9 Å². The van der Waals surface area contributed by atoms with Crippen LogP contribution in [0, 0.1) is 0 Å². The third-order valence-electron chi connectivity index (χ3n) is 2.91. The van der Waals surface area contributed by atoms with Gasteiger partial charge in [0.1, 0.15) is 6.04 Å². The lowest BCUT2D eigenvalue weighted by molar-refractivity contribution is -0.132. The van der Waals surface area contributed by atoms with Gasteiger partial charge < -0.3 is 4.90 Å². The smallest absolute Gasteiger partial charge is 0.245 e. The number of amides is 1. The Hall–Kier alpha value is -1.06. The maximum absolute atomic E-state index is 12.2. The molecule has 0 aromatic heterocycles. The van der Waals surface area contributed by atoms with E-state index in [1.54, 1.807) is 0 Å². The molecule has 2 rings (SSSR count). The normalized spacial score (nSPS) is 17.4. The zero-order valence-corrected chi connectivity index (χ0v) is 9.78. The molecule has 4 heteroatoms. The van der Waals surface area contributed by atoms with Gasteiger partial charge in [-0.05, 0) is 30.2 Å². The molecule has 3 nitrogen and oxygen atoms in total. The molecule has 1 heterocycles. The number of nitrogens with zero attached hydrogens (tertiary/aromatic N) is 1. The average molecular weight is 239 g/mol. The van der Waals surface area contributed by atoms with E-state index < -0.39 is 6.04 Å². The molecule has 1 aromatic carbocycles. The largest absolute Gasteiger partial charge is 0.341 e. The molecule has 1 aliphatic rings. The first kappa shape index (κ1) is 11.4. The molecule has 1 amide bonds. The molecule has 1 N–H and O–H groups in total. The Labute approximate surface area is 101 Å². The third kappa shape index (κ3) is 2.36. The number of hydrogen-bond acceptors (Lipinski definition) is 2. The zero-order chi connectivity index (χ0) is 11.4. The van der Waals surface area contributed by atoms with Gasteiger partial charge in [0, 0.05) is 13.1 Å². The molecule has 1 aromatic rings. The Bertz CT molecular complexity index is 349. The quantitative estimate of drug-likeness (QED) is 0.818. The molecule has 0 aliphatic carbocycles. The van der Waals surface area contributed by atoms with Crippen LogP contribution in [0.4, 0.5) is 0 Å². The molecule has 1 saturated heterocycles. The first-order valence-electron chi connectivity index (χ1n) is 5.53. The van der Waals surface area contributed by atoms with Crippen molar-refractivity contribution in [1.82, 2.24) is 9.74 Å². The SMILES string of the molecule is O=C([C@@H](NCl)c1ccccc1)N1CCCC1. The molecule has 1 atom stereocenters. The van der Waals surface area contributed by atoms with Gasteiger partial charge in [-0.15, -0.1) is 0 Å². The van der Waals surface area contributed by atoms with Crippen LogP contribution >= 0.6 is 11.8 Å². The highest BCUT2D eigenvalue weighted by Crippen LogP contribution is 2.19. The van der Waals surface area contributed by atoms with Crippen LogP contribution in [0.25, 0.3) is 0 Å². The molecule has 0 bridgehead atoms. The Morgan fingerprint density at radius 3 is 2.44 bits per heavy atom. The highest BCUT2D eigenvalue weighted by molar-refractivity contribution is 6.15. The van der Waals surface area contributed by atoms with Crippen molar-refractivity contribution in [2.45, 2.75) is 18.9 Å². The number of likely N-dealkylation sites (tertiary alicyclic amines) is 1. The predicted octanol–water partition coefficient (Wildman–Crippen LogP) is 2.09. The summed E-state index contributed by atoms with van der Waals surface area (Å²) in [5.41, 5.74) is 0.911. The highest BCUT2D eigenvalue weighted by Gasteiger charge is 2.26. The third-order valence-corrected chi connectivity index (χ3v) is 3.12. The number of carbonyl (C=O) groups is 1. The lowest BCUT2D eigenvalue weighted by Gasteiger charge is -2.22. The van der Waals surface area contributed by atoms with Gasteiger partial charge >= 0.3 is 0 Å². The van der Waals surface area contributed by atoms with E-state index in [0.717, 1.165) is 31.5 Å². The Morgan fingerprint density at radius 1 is 1.25 bits per heavy atom. The number of carbonyl (C=O) groups excluding carboxylic acids is 1. The first-order chi connectivity index (χ1) is 7.83. The Morgan fingerprint density at radius 2 is 1.88 bits per heavy atom. The van der Waals surface area contributed by atoms with E-state index in [0.29, 0.717) is 0 Å². The van der Waals surface area contributed by atoms with Gasteiger partial charge in [-0.3, -0.25) is 4.79 Å². The fraction of sp³-hybridized carbons (Fsp3) is 0.417. The van der Waals surface area contributed by atoms with Crippen LogP contribution < -0.4 is 4.84 Å². The van der Waals surface area contributed by atoms with Gasteiger partial charge in [0.25, 0.3) is 0 Å². The number of halogens is 1. The maximum Gasteiger partial charge on any atom is 0.245 e. The van der Waals surface area contributed by atoms with E-state index >= 15 is 0 Å². The van der Waals surface area contributed by atoms with Gasteiger partial charge in [0.2, 0.25) is 5.91 Å². The molecule has 1 aliphatic heterocycles. The van der Waals surface area contributed by atoms with E-state index in [9.17, 15) is 4.79 Å². The fourth-order valence-electron chi connectivity index (χ4n) is 2.02.